The molecule has 0 saturated heterocycles. The van der Waals surface area contributed by atoms with E-state index >= 15 is 0 Å². The number of carbonyl (C=O) groups is 1. The minimum atomic E-state index is -0.117. The standard InChI is InChI=1S/C18H19N3O2/c1-12(16-11-21(3)20-13(16)2)19-18(22)15-7-4-6-14(10-15)17-8-5-9-23-17/h4-12H,1-3H3,(H,19,22)/t12-/m0/s1. The van der Waals surface area contributed by atoms with Gasteiger partial charge in [0, 0.05) is 29.9 Å². The highest BCUT2D eigenvalue weighted by Gasteiger charge is 2.16. The van der Waals surface area contributed by atoms with Crippen LogP contribution < -0.4 is 5.32 Å². The summed E-state index contributed by atoms with van der Waals surface area (Å²) >= 11 is 0. The molecule has 0 unspecified atom stereocenters. The van der Waals surface area contributed by atoms with Gasteiger partial charge in [0.2, 0.25) is 0 Å². The fourth-order valence-corrected chi connectivity index (χ4v) is 2.66. The second-order valence-corrected chi connectivity index (χ2v) is 5.60. The summed E-state index contributed by atoms with van der Waals surface area (Å²) in [5, 5.41) is 7.33. The molecule has 1 atom stereocenters. The van der Waals surface area contributed by atoms with E-state index in [9.17, 15) is 4.79 Å². The van der Waals surface area contributed by atoms with Crippen molar-refractivity contribution in [2.75, 3.05) is 0 Å². The number of rotatable bonds is 4. The lowest BCUT2D eigenvalue weighted by atomic mass is 10.1. The molecule has 0 aliphatic heterocycles. The summed E-state index contributed by atoms with van der Waals surface area (Å²) in [5.41, 5.74) is 3.42. The smallest absolute Gasteiger partial charge is 0.251 e. The number of nitrogens with one attached hydrogen (secondary N) is 1. The number of hydrogen-bond acceptors (Lipinski definition) is 3. The van der Waals surface area contributed by atoms with E-state index in [1.807, 2.05) is 57.4 Å². The van der Waals surface area contributed by atoms with Crippen LogP contribution >= 0.6 is 0 Å². The van der Waals surface area contributed by atoms with Gasteiger partial charge in [0.15, 0.2) is 0 Å². The van der Waals surface area contributed by atoms with Gasteiger partial charge in [0.1, 0.15) is 5.76 Å². The molecule has 0 aliphatic rings. The Morgan fingerprint density at radius 2 is 2.13 bits per heavy atom. The largest absolute Gasteiger partial charge is 0.464 e. The van der Waals surface area contributed by atoms with Gasteiger partial charge in [0.05, 0.1) is 18.0 Å². The zero-order valence-electron chi connectivity index (χ0n) is 13.4. The lowest BCUT2D eigenvalue weighted by Crippen LogP contribution is -2.26. The predicted octanol–water partition coefficient (Wildman–Crippen LogP) is 3.48. The zero-order chi connectivity index (χ0) is 16.4. The first-order valence-electron chi connectivity index (χ1n) is 7.49. The van der Waals surface area contributed by atoms with E-state index in [0.29, 0.717) is 5.56 Å². The Balaban J connectivity index is 1.78. The number of hydrogen-bond donors (Lipinski definition) is 1. The molecule has 0 saturated carbocycles. The van der Waals surface area contributed by atoms with Crippen molar-refractivity contribution in [3.05, 3.63) is 65.7 Å². The van der Waals surface area contributed by atoms with Crippen LogP contribution in [0.5, 0.6) is 0 Å². The molecule has 3 rings (SSSR count). The molecule has 2 aromatic heterocycles. The third-order valence-electron chi connectivity index (χ3n) is 3.80. The maximum Gasteiger partial charge on any atom is 0.251 e. The van der Waals surface area contributed by atoms with Gasteiger partial charge in [-0.15, -0.1) is 0 Å². The van der Waals surface area contributed by atoms with E-state index < -0.39 is 0 Å². The number of carbonyl (C=O) groups excluding carboxylic acids is 1. The minimum absolute atomic E-state index is 0.108. The molecular formula is C18H19N3O2. The Morgan fingerprint density at radius 1 is 1.30 bits per heavy atom. The molecule has 5 heteroatoms. The number of aryl methyl sites for hydroxylation is 2. The molecule has 5 nitrogen and oxygen atoms in total. The average molecular weight is 309 g/mol. The van der Waals surface area contributed by atoms with E-state index in [4.69, 9.17) is 4.42 Å². The van der Waals surface area contributed by atoms with E-state index in [1.165, 1.54) is 0 Å². The number of aromatic nitrogens is 2. The number of benzene rings is 1. The van der Waals surface area contributed by atoms with Crippen LogP contribution in [0.15, 0.2) is 53.3 Å². The summed E-state index contributed by atoms with van der Waals surface area (Å²) in [6.07, 6.45) is 3.55. The summed E-state index contributed by atoms with van der Waals surface area (Å²) in [6, 6.07) is 11.0. The van der Waals surface area contributed by atoms with Crippen molar-refractivity contribution in [3.8, 4) is 11.3 Å². The molecule has 0 aliphatic carbocycles. The summed E-state index contributed by atoms with van der Waals surface area (Å²) in [5.74, 6) is 0.630. The number of nitrogens with zero attached hydrogens (tertiary/aromatic N) is 2. The maximum atomic E-state index is 12.5. The van der Waals surface area contributed by atoms with E-state index in [1.54, 1.807) is 17.0 Å². The van der Waals surface area contributed by atoms with E-state index in [2.05, 4.69) is 10.4 Å². The molecule has 3 aromatic rings. The molecule has 23 heavy (non-hydrogen) atoms. The third-order valence-corrected chi connectivity index (χ3v) is 3.80. The molecule has 1 N–H and O–H groups in total. The quantitative estimate of drug-likeness (QED) is 0.802. The van der Waals surface area contributed by atoms with Gasteiger partial charge in [-0.05, 0) is 38.1 Å². The highest BCUT2D eigenvalue weighted by molar-refractivity contribution is 5.95. The molecular weight excluding hydrogens is 290 g/mol. The second kappa shape index (κ2) is 6.12. The van der Waals surface area contributed by atoms with Gasteiger partial charge in [-0.1, -0.05) is 12.1 Å². The van der Waals surface area contributed by atoms with Crippen LogP contribution in [0.4, 0.5) is 0 Å². The minimum Gasteiger partial charge on any atom is -0.464 e. The summed E-state index contributed by atoms with van der Waals surface area (Å²) in [7, 11) is 1.87. The van der Waals surface area contributed by atoms with Crippen molar-refractivity contribution in [1.82, 2.24) is 15.1 Å². The van der Waals surface area contributed by atoms with Crippen molar-refractivity contribution < 1.29 is 9.21 Å². The molecule has 0 radical (unpaired) electrons. The summed E-state index contributed by atoms with van der Waals surface area (Å²) in [6.45, 7) is 3.90. The van der Waals surface area contributed by atoms with E-state index in [0.717, 1.165) is 22.6 Å². The van der Waals surface area contributed by atoms with Gasteiger partial charge >= 0.3 is 0 Å². The Hall–Kier alpha value is -2.82. The zero-order valence-corrected chi connectivity index (χ0v) is 13.4. The van der Waals surface area contributed by atoms with Crippen LogP contribution in [-0.2, 0) is 7.05 Å². The topological polar surface area (TPSA) is 60.1 Å². The van der Waals surface area contributed by atoms with E-state index in [-0.39, 0.29) is 11.9 Å². The Labute approximate surface area is 134 Å². The highest BCUT2D eigenvalue weighted by atomic mass is 16.3. The second-order valence-electron chi connectivity index (χ2n) is 5.60. The maximum absolute atomic E-state index is 12.5. The van der Waals surface area contributed by atoms with Crippen LogP contribution in [0.1, 0.15) is 34.6 Å². The molecule has 1 amide bonds. The van der Waals surface area contributed by atoms with Crippen LogP contribution in [0.25, 0.3) is 11.3 Å². The van der Waals surface area contributed by atoms with Crippen LogP contribution in [0.3, 0.4) is 0 Å². The van der Waals surface area contributed by atoms with Gasteiger partial charge in [-0.25, -0.2) is 0 Å². The molecule has 118 valence electrons. The molecule has 1 aromatic carbocycles. The predicted molar refractivity (Wildman–Crippen MR) is 88.0 cm³/mol. The first-order chi connectivity index (χ1) is 11.0. The van der Waals surface area contributed by atoms with Crippen molar-refractivity contribution >= 4 is 5.91 Å². The monoisotopic (exact) mass is 309 g/mol. The van der Waals surface area contributed by atoms with Gasteiger partial charge in [0.25, 0.3) is 5.91 Å². The lowest BCUT2D eigenvalue weighted by molar-refractivity contribution is 0.0940. The van der Waals surface area contributed by atoms with Crippen LogP contribution in [-0.4, -0.2) is 15.7 Å². The van der Waals surface area contributed by atoms with Crippen molar-refractivity contribution in [2.45, 2.75) is 19.9 Å². The SMILES string of the molecule is Cc1nn(C)cc1[C@H](C)NC(=O)c1cccc(-c2ccco2)c1. The van der Waals surface area contributed by atoms with Crippen LogP contribution in [0.2, 0.25) is 0 Å². The van der Waals surface area contributed by atoms with Crippen molar-refractivity contribution in [3.63, 3.8) is 0 Å². The number of furan rings is 1. The lowest BCUT2D eigenvalue weighted by Gasteiger charge is -2.13. The highest BCUT2D eigenvalue weighted by Crippen LogP contribution is 2.21. The van der Waals surface area contributed by atoms with Gasteiger partial charge in [-0.2, -0.15) is 5.10 Å². The van der Waals surface area contributed by atoms with Crippen molar-refractivity contribution in [1.29, 1.82) is 0 Å². The normalized spacial score (nSPS) is 12.1. The van der Waals surface area contributed by atoms with Gasteiger partial charge in [-0.3, -0.25) is 9.48 Å². The fourth-order valence-electron chi connectivity index (χ4n) is 2.66. The Kier molecular flexibility index (Phi) is 4.02. The number of amides is 1. The summed E-state index contributed by atoms with van der Waals surface area (Å²) in [4.78, 5) is 12.5. The van der Waals surface area contributed by atoms with Crippen LogP contribution in [0, 0.1) is 6.92 Å². The first-order valence-corrected chi connectivity index (χ1v) is 7.49. The molecule has 0 fully saturated rings. The van der Waals surface area contributed by atoms with Crippen molar-refractivity contribution in [2.24, 2.45) is 7.05 Å². The Morgan fingerprint density at radius 3 is 2.78 bits per heavy atom. The third kappa shape index (κ3) is 3.18. The Bertz CT molecular complexity index is 819. The van der Waals surface area contributed by atoms with Gasteiger partial charge < -0.3 is 9.73 Å². The average Bonchev–Trinajstić information content (AvgIpc) is 3.17. The fraction of sp³-hybridized carbons (Fsp3) is 0.222. The first kappa shape index (κ1) is 15.1. The molecule has 0 spiro atoms. The molecule has 0 bridgehead atoms. The molecule has 2 heterocycles. The summed E-state index contributed by atoms with van der Waals surface area (Å²) < 4.78 is 7.14.